The minimum atomic E-state index is -3.57. The predicted molar refractivity (Wildman–Crippen MR) is 94.6 cm³/mol. The number of hydrogen-bond donors (Lipinski definition) is 0. The molecule has 2 aromatic rings. The van der Waals surface area contributed by atoms with Crippen LogP contribution >= 0.6 is 0 Å². The van der Waals surface area contributed by atoms with Crippen LogP contribution in [0.15, 0.2) is 53.4 Å². The SMILES string of the molecule is CCS(=O)(=O)c1ccccc1C(=O)O[C@@H](C)C(=O)c1ccc(C)cc1. The summed E-state index contributed by atoms with van der Waals surface area (Å²) in [5.74, 6) is -1.31. The molecule has 0 aliphatic heterocycles. The summed E-state index contributed by atoms with van der Waals surface area (Å²) in [5.41, 5.74) is 1.38. The van der Waals surface area contributed by atoms with Crippen LogP contribution in [0.5, 0.6) is 0 Å². The third kappa shape index (κ3) is 4.33. The summed E-state index contributed by atoms with van der Waals surface area (Å²) < 4.78 is 29.5. The topological polar surface area (TPSA) is 77.5 Å². The first kappa shape index (κ1) is 18.9. The Kier molecular flexibility index (Phi) is 5.74. The third-order valence-electron chi connectivity index (χ3n) is 3.81. The Hall–Kier alpha value is -2.47. The second-order valence-corrected chi connectivity index (χ2v) is 7.92. The molecule has 132 valence electrons. The summed E-state index contributed by atoms with van der Waals surface area (Å²) >= 11 is 0. The maximum absolute atomic E-state index is 12.4. The van der Waals surface area contributed by atoms with Gasteiger partial charge >= 0.3 is 5.97 Å². The van der Waals surface area contributed by atoms with E-state index in [1.54, 1.807) is 36.4 Å². The average Bonchev–Trinajstić information content (AvgIpc) is 2.61. The van der Waals surface area contributed by atoms with Crippen LogP contribution in [0.2, 0.25) is 0 Å². The lowest BCUT2D eigenvalue weighted by Crippen LogP contribution is -2.25. The third-order valence-corrected chi connectivity index (χ3v) is 5.60. The Morgan fingerprint density at radius 1 is 1.04 bits per heavy atom. The van der Waals surface area contributed by atoms with E-state index in [0.29, 0.717) is 5.56 Å². The normalized spacial score (nSPS) is 12.4. The standard InChI is InChI=1S/C19H20O5S/c1-4-25(22,23)17-8-6-5-7-16(17)19(21)24-14(3)18(20)15-11-9-13(2)10-12-15/h5-12,14H,4H2,1-3H3/t14-/m0/s1. The van der Waals surface area contributed by atoms with Crippen molar-refractivity contribution < 1.29 is 22.7 Å². The first-order valence-electron chi connectivity index (χ1n) is 7.90. The number of carbonyl (C=O) groups excluding carboxylic acids is 2. The number of aryl methyl sites for hydroxylation is 1. The molecule has 1 atom stereocenters. The molecule has 0 bridgehead atoms. The van der Waals surface area contributed by atoms with Crippen molar-refractivity contribution in [2.45, 2.75) is 31.8 Å². The number of ether oxygens (including phenoxy) is 1. The lowest BCUT2D eigenvalue weighted by Gasteiger charge is -2.14. The molecule has 0 fully saturated rings. The van der Waals surface area contributed by atoms with Gasteiger partial charge in [-0.15, -0.1) is 0 Å². The molecular weight excluding hydrogens is 340 g/mol. The monoisotopic (exact) mass is 360 g/mol. The van der Waals surface area contributed by atoms with Gasteiger partial charge in [0.2, 0.25) is 5.78 Å². The van der Waals surface area contributed by atoms with Gasteiger partial charge in [0.1, 0.15) is 0 Å². The quantitative estimate of drug-likeness (QED) is 0.584. The van der Waals surface area contributed by atoms with E-state index in [9.17, 15) is 18.0 Å². The van der Waals surface area contributed by atoms with Crippen molar-refractivity contribution in [3.05, 3.63) is 65.2 Å². The summed E-state index contributed by atoms with van der Waals surface area (Å²) in [4.78, 5) is 24.7. The Morgan fingerprint density at radius 2 is 1.64 bits per heavy atom. The Labute approximate surface area is 147 Å². The van der Waals surface area contributed by atoms with Crippen LogP contribution < -0.4 is 0 Å². The van der Waals surface area contributed by atoms with Gasteiger partial charge in [-0.05, 0) is 26.0 Å². The minimum absolute atomic E-state index is 0.0621. The number of hydrogen-bond acceptors (Lipinski definition) is 5. The molecule has 0 heterocycles. The van der Waals surface area contributed by atoms with E-state index in [-0.39, 0.29) is 22.0 Å². The highest BCUT2D eigenvalue weighted by molar-refractivity contribution is 7.91. The van der Waals surface area contributed by atoms with Crippen LogP contribution in [0.1, 0.15) is 40.1 Å². The van der Waals surface area contributed by atoms with Gasteiger partial charge in [0.05, 0.1) is 16.2 Å². The van der Waals surface area contributed by atoms with Crippen LogP contribution in [0, 0.1) is 6.92 Å². The Morgan fingerprint density at radius 3 is 2.24 bits per heavy atom. The van der Waals surface area contributed by atoms with E-state index in [0.717, 1.165) is 5.56 Å². The van der Waals surface area contributed by atoms with Gasteiger partial charge in [0, 0.05) is 5.56 Å². The smallest absolute Gasteiger partial charge is 0.340 e. The van der Waals surface area contributed by atoms with Crippen molar-refractivity contribution in [3.8, 4) is 0 Å². The van der Waals surface area contributed by atoms with Gasteiger partial charge in [0.25, 0.3) is 0 Å². The number of sulfone groups is 1. The second-order valence-electron chi connectivity index (χ2n) is 5.68. The van der Waals surface area contributed by atoms with Crippen LogP contribution in [-0.2, 0) is 14.6 Å². The van der Waals surface area contributed by atoms with Gasteiger partial charge < -0.3 is 4.74 Å². The van der Waals surface area contributed by atoms with Gasteiger partial charge in [-0.2, -0.15) is 0 Å². The highest BCUT2D eigenvalue weighted by Crippen LogP contribution is 2.19. The molecule has 0 radical (unpaired) electrons. The first-order valence-corrected chi connectivity index (χ1v) is 9.55. The van der Waals surface area contributed by atoms with E-state index in [4.69, 9.17) is 4.74 Å². The zero-order valence-corrected chi connectivity index (χ0v) is 15.2. The molecule has 0 saturated carbocycles. The lowest BCUT2D eigenvalue weighted by molar-refractivity contribution is 0.0315. The van der Waals surface area contributed by atoms with Crippen LogP contribution in [0.25, 0.3) is 0 Å². The molecule has 2 aromatic carbocycles. The Balaban J connectivity index is 2.23. The van der Waals surface area contributed by atoms with Crippen LogP contribution in [0.4, 0.5) is 0 Å². The zero-order valence-electron chi connectivity index (χ0n) is 14.4. The Bertz CT molecular complexity index is 882. The zero-order chi connectivity index (χ0) is 18.6. The summed E-state index contributed by atoms with van der Waals surface area (Å²) in [7, 11) is -3.57. The number of carbonyl (C=O) groups is 2. The fraction of sp³-hybridized carbons (Fsp3) is 0.263. The molecular formula is C19H20O5S. The number of benzene rings is 2. The maximum atomic E-state index is 12.4. The molecule has 6 heteroatoms. The maximum Gasteiger partial charge on any atom is 0.340 e. The second kappa shape index (κ2) is 7.61. The largest absolute Gasteiger partial charge is 0.451 e. The number of Topliss-reactive ketones (excluding diaryl/α,β-unsaturated/α-hetero) is 1. The van der Waals surface area contributed by atoms with E-state index in [1.807, 2.05) is 6.92 Å². The fourth-order valence-corrected chi connectivity index (χ4v) is 3.38. The molecule has 25 heavy (non-hydrogen) atoms. The van der Waals surface area contributed by atoms with Crippen molar-refractivity contribution in [1.29, 1.82) is 0 Å². The molecule has 0 unspecified atom stereocenters. The van der Waals surface area contributed by atoms with Gasteiger partial charge in [-0.1, -0.05) is 48.9 Å². The average molecular weight is 360 g/mol. The summed E-state index contributed by atoms with van der Waals surface area (Å²) in [6.07, 6.45) is -1.02. The molecule has 0 amide bonds. The molecule has 0 aliphatic carbocycles. The predicted octanol–water partition coefficient (Wildman–Crippen LogP) is 3.22. The van der Waals surface area contributed by atoms with Crippen molar-refractivity contribution >= 4 is 21.6 Å². The number of ketones is 1. The van der Waals surface area contributed by atoms with Crippen LogP contribution in [-0.4, -0.2) is 32.0 Å². The molecule has 0 aliphatic rings. The summed E-state index contributed by atoms with van der Waals surface area (Å²) in [5, 5.41) is 0. The van der Waals surface area contributed by atoms with Crippen molar-refractivity contribution in [2.24, 2.45) is 0 Å². The van der Waals surface area contributed by atoms with Gasteiger partial charge in [-0.3, -0.25) is 4.79 Å². The molecule has 0 N–H and O–H groups in total. The fourth-order valence-electron chi connectivity index (χ4n) is 2.29. The molecule has 2 rings (SSSR count). The van der Waals surface area contributed by atoms with Crippen molar-refractivity contribution in [3.63, 3.8) is 0 Å². The van der Waals surface area contributed by atoms with E-state index in [2.05, 4.69) is 0 Å². The summed E-state index contributed by atoms with van der Waals surface area (Å²) in [6.45, 7) is 4.88. The van der Waals surface area contributed by atoms with Gasteiger partial charge in [-0.25, -0.2) is 13.2 Å². The highest BCUT2D eigenvalue weighted by atomic mass is 32.2. The van der Waals surface area contributed by atoms with E-state index < -0.39 is 21.9 Å². The van der Waals surface area contributed by atoms with E-state index >= 15 is 0 Å². The van der Waals surface area contributed by atoms with Crippen LogP contribution in [0.3, 0.4) is 0 Å². The summed E-state index contributed by atoms with van der Waals surface area (Å²) in [6, 6.07) is 12.8. The number of rotatable bonds is 6. The molecule has 0 saturated heterocycles. The lowest BCUT2D eigenvalue weighted by atomic mass is 10.1. The highest BCUT2D eigenvalue weighted by Gasteiger charge is 2.25. The van der Waals surface area contributed by atoms with Crippen molar-refractivity contribution in [2.75, 3.05) is 5.75 Å². The van der Waals surface area contributed by atoms with E-state index in [1.165, 1.54) is 26.0 Å². The first-order chi connectivity index (χ1) is 11.8. The molecule has 0 aromatic heterocycles. The van der Waals surface area contributed by atoms with Crippen molar-refractivity contribution in [1.82, 2.24) is 0 Å². The molecule has 0 spiro atoms. The van der Waals surface area contributed by atoms with Gasteiger partial charge in [0.15, 0.2) is 15.9 Å². The minimum Gasteiger partial charge on any atom is -0.451 e. The molecule has 5 nitrogen and oxygen atoms in total. The number of esters is 1.